The molecule has 0 saturated carbocycles. The van der Waals surface area contributed by atoms with Gasteiger partial charge in [0.1, 0.15) is 0 Å². The Labute approximate surface area is 198 Å². The molecule has 0 spiro atoms. The van der Waals surface area contributed by atoms with Crippen molar-refractivity contribution in [3.63, 3.8) is 0 Å². The summed E-state index contributed by atoms with van der Waals surface area (Å²) in [6.45, 7) is 5.66. The second-order valence-electron chi connectivity index (χ2n) is 6.68. The van der Waals surface area contributed by atoms with Gasteiger partial charge in [-0.3, -0.25) is 9.97 Å². The van der Waals surface area contributed by atoms with Gasteiger partial charge in [0.05, 0.1) is 31.8 Å². The number of nitrogens with one attached hydrogen (secondary N) is 3. The molecule has 10 nitrogen and oxygen atoms in total. The molecule has 0 amide bonds. The SMILES string of the molecule is COCCNCc1ccccc1.COCCNCc1cnccn1.COCCNS(C)(=O)=O. The van der Waals surface area contributed by atoms with E-state index in [1.807, 2.05) is 18.2 Å². The van der Waals surface area contributed by atoms with Gasteiger partial charge in [-0.2, -0.15) is 0 Å². The summed E-state index contributed by atoms with van der Waals surface area (Å²) in [5.41, 5.74) is 2.27. The van der Waals surface area contributed by atoms with Gasteiger partial charge in [0.25, 0.3) is 0 Å². The van der Waals surface area contributed by atoms with Crippen molar-refractivity contribution < 1.29 is 22.6 Å². The standard InChI is InChI=1S/C10H15NO.C8H13N3O.C4H11NO3S/c1-12-8-7-11-9-10-5-3-2-4-6-10;1-12-5-4-10-7-8-6-9-2-3-11-8;1-8-4-3-5-9(2,6)7/h2-6,11H,7-9H2,1H3;2-3,6,10H,4-5,7H2,1H3;5H,3-4H2,1-2H3. The molecule has 33 heavy (non-hydrogen) atoms. The fourth-order valence-corrected chi connectivity index (χ4v) is 2.60. The summed E-state index contributed by atoms with van der Waals surface area (Å²) in [7, 11) is 1.89. The van der Waals surface area contributed by atoms with Gasteiger partial charge < -0.3 is 24.8 Å². The van der Waals surface area contributed by atoms with Gasteiger partial charge in [-0.25, -0.2) is 13.1 Å². The number of aromatic nitrogens is 2. The van der Waals surface area contributed by atoms with Gasteiger partial charge in [0.15, 0.2) is 0 Å². The van der Waals surface area contributed by atoms with Gasteiger partial charge in [0, 0.05) is 72.6 Å². The van der Waals surface area contributed by atoms with Crippen molar-refractivity contribution in [2.75, 3.05) is 67.0 Å². The fraction of sp³-hybridized carbons (Fsp3) is 0.545. The summed E-state index contributed by atoms with van der Waals surface area (Å²) >= 11 is 0. The first-order chi connectivity index (χ1) is 15.9. The predicted octanol–water partition coefficient (Wildman–Crippen LogP) is 0.817. The molecule has 188 valence electrons. The average Bonchev–Trinajstić information content (AvgIpc) is 2.81. The summed E-state index contributed by atoms with van der Waals surface area (Å²) < 4.78 is 37.4. The number of hydrogen-bond acceptors (Lipinski definition) is 9. The van der Waals surface area contributed by atoms with E-state index >= 15 is 0 Å². The highest BCUT2D eigenvalue weighted by atomic mass is 32.2. The van der Waals surface area contributed by atoms with Gasteiger partial charge in [-0.15, -0.1) is 0 Å². The molecule has 11 heteroatoms. The summed E-state index contributed by atoms with van der Waals surface area (Å²) in [5.74, 6) is 0. The van der Waals surface area contributed by atoms with Crippen LogP contribution >= 0.6 is 0 Å². The number of benzene rings is 1. The maximum absolute atomic E-state index is 10.3. The molecule has 0 unspecified atom stereocenters. The van der Waals surface area contributed by atoms with Crippen LogP contribution in [0.15, 0.2) is 48.9 Å². The molecule has 0 bridgehead atoms. The van der Waals surface area contributed by atoms with Crippen molar-refractivity contribution in [2.45, 2.75) is 13.1 Å². The molecule has 0 fully saturated rings. The maximum Gasteiger partial charge on any atom is 0.208 e. The lowest BCUT2D eigenvalue weighted by Gasteiger charge is -2.02. The molecule has 1 aromatic heterocycles. The van der Waals surface area contributed by atoms with Crippen LogP contribution in [0, 0.1) is 0 Å². The first-order valence-corrected chi connectivity index (χ1v) is 12.4. The van der Waals surface area contributed by atoms with E-state index in [1.165, 1.54) is 12.7 Å². The van der Waals surface area contributed by atoms with E-state index in [1.54, 1.807) is 32.8 Å². The Morgan fingerprint density at radius 2 is 1.39 bits per heavy atom. The van der Waals surface area contributed by atoms with Crippen molar-refractivity contribution in [2.24, 2.45) is 0 Å². The number of hydrogen-bond donors (Lipinski definition) is 3. The molecule has 1 heterocycles. The van der Waals surface area contributed by atoms with Crippen LogP contribution in [0.25, 0.3) is 0 Å². The van der Waals surface area contributed by atoms with E-state index in [2.05, 4.69) is 42.2 Å². The van der Waals surface area contributed by atoms with Crippen LogP contribution in [0.5, 0.6) is 0 Å². The zero-order valence-corrected chi connectivity index (χ0v) is 20.9. The van der Waals surface area contributed by atoms with E-state index in [0.29, 0.717) is 13.2 Å². The molecule has 0 atom stereocenters. The highest BCUT2D eigenvalue weighted by Crippen LogP contribution is 1.96. The Morgan fingerprint density at radius 1 is 0.818 bits per heavy atom. The van der Waals surface area contributed by atoms with Crippen LogP contribution in [0.2, 0.25) is 0 Å². The largest absolute Gasteiger partial charge is 0.383 e. The summed E-state index contributed by atoms with van der Waals surface area (Å²) in [4.78, 5) is 8.06. The van der Waals surface area contributed by atoms with Crippen molar-refractivity contribution in [1.82, 2.24) is 25.3 Å². The van der Waals surface area contributed by atoms with Crippen LogP contribution in [-0.2, 0) is 37.3 Å². The molecule has 0 aliphatic rings. The molecule has 3 N–H and O–H groups in total. The highest BCUT2D eigenvalue weighted by molar-refractivity contribution is 7.88. The number of nitrogens with zero attached hydrogens (tertiary/aromatic N) is 2. The zero-order chi connectivity index (χ0) is 24.6. The Kier molecular flexibility index (Phi) is 20.5. The second-order valence-corrected chi connectivity index (χ2v) is 8.51. The first-order valence-electron chi connectivity index (χ1n) is 10.5. The molecule has 2 aromatic rings. The molecule has 0 aliphatic carbocycles. The highest BCUT2D eigenvalue weighted by Gasteiger charge is 1.96. The van der Waals surface area contributed by atoms with Crippen molar-refractivity contribution in [3.8, 4) is 0 Å². The third kappa shape index (κ3) is 23.0. The lowest BCUT2D eigenvalue weighted by atomic mass is 10.2. The lowest BCUT2D eigenvalue weighted by molar-refractivity contribution is 0.199. The summed E-state index contributed by atoms with van der Waals surface area (Å²) in [6.07, 6.45) is 6.22. The summed E-state index contributed by atoms with van der Waals surface area (Å²) in [5, 5.41) is 6.45. The average molecular weight is 486 g/mol. The summed E-state index contributed by atoms with van der Waals surface area (Å²) in [6, 6.07) is 10.3. The molecule has 0 aliphatic heterocycles. The molecular formula is C22H39N5O5S. The van der Waals surface area contributed by atoms with Crippen LogP contribution in [-0.4, -0.2) is 85.4 Å². The maximum atomic E-state index is 10.3. The minimum atomic E-state index is -3.03. The molecule has 2 rings (SSSR count). The quantitative estimate of drug-likeness (QED) is 0.334. The lowest BCUT2D eigenvalue weighted by Crippen LogP contribution is -2.25. The molecular weight excluding hydrogens is 446 g/mol. The van der Waals surface area contributed by atoms with Gasteiger partial charge in [-0.1, -0.05) is 30.3 Å². The Hall–Kier alpha value is -1.99. The minimum Gasteiger partial charge on any atom is -0.383 e. The van der Waals surface area contributed by atoms with Crippen molar-refractivity contribution in [3.05, 3.63) is 60.2 Å². The van der Waals surface area contributed by atoms with E-state index < -0.39 is 10.0 Å². The minimum absolute atomic E-state index is 0.343. The predicted molar refractivity (Wildman–Crippen MR) is 130 cm³/mol. The van der Waals surface area contributed by atoms with Crippen LogP contribution in [0.3, 0.4) is 0 Å². The Balaban J connectivity index is 0.000000472. The van der Waals surface area contributed by atoms with Crippen LogP contribution in [0.1, 0.15) is 11.3 Å². The third-order valence-corrected chi connectivity index (χ3v) is 4.46. The third-order valence-electron chi connectivity index (χ3n) is 3.73. The van der Waals surface area contributed by atoms with Gasteiger partial charge in [0.2, 0.25) is 10.0 Å². The number of ether oxygens (including phenoxy) is 3. The Bertz CT molecular complexity index is 720. The fourth-order valence-electron chi connectivity index (χ4n) is 2.14. The van der Waals surface area contributed by atoms with Crippen LogP contribution < -0.4 is 15.4 Å². The van der Waals surface area contributed by atoms with Crippen LogP contribution in [0.4, 0.5) is 0 Å². The normalized spacial score (nSPS) is 10.5. The molecule has 1 aromatic carbocycles. The number of sulfonamides is 1. The second kappa shape index (κ2) is 21.8. The smallest absolute Gasteiger partial charge is 0.208 e. The number of methoxy groups -OCH3 is 3. The number of rotatable bonds is 14. The van der Waals surface area contributed by atoms with Crippen molar-refractivity contribution >= 4 is 10.0 Å². The monoisotopic (exact) mass is 485 g/mol. The zero-order valence-electron chi connectivity index (χ0n) is 20.1. The Morgan fingerprint density at radius 3 is 1.91 bits per heavy atom. The van der Waals surface area contributed by atoms with Crippen molar-refractivity contribution in [1.29, 1.82) is 0 Å². The molecule has 0 saturated heterocycles. The van der Waals surface area contributed by atoms with E-state index in [-0.39, 0.29) is 0 Å². The van der Waals surface area contributed by atoms with E-state index in [0.717, 1.165) is 51.3 Å². The first kappa shape index (κ1) is 31.0. The van der Waals surface area contributed by atoms with Gasteiger partial charge >= 0.3 is 0 Å². The molecule has 0 radical (unpaired) electrons. The van der Waals surface area contributed by atoms with E-state index in [9.17, 15) is 8.42 Å². The van der Waals surface area contributed by atoms with Gasteiger partial charge in [-0.05, 0) is 5.56 Å². The topological polar surface area (TPSA) is 124 Å². The van der Waals surface area contributed by atoms with E-state index in [4.69, 9.17) is 9.47 Å².